The number of ether oxygens (including phenoxy) is 1. The molecular weight excluding hydrogens is 352 g/mol. The van der Waals surface area contributed by atoms with Crippen LogP contribution >= 0.6 is 0 Å². The first-order valence-electron chi connectivity index (χ1n) is 10.4. The number of aromatic nitrogens is 3. The first-order chi connectivity index (χ1) is 13.7. The van der Waals surface area contributed by atoms with E-state index in [4.69, 9.17) is 9.73 Å². The zero-order valence-corrected chi connectivity index (χ0v) is 16.8. The molecule has 2 heterocycles. The number of rotatable bonds is 5. The van der Waals surface area contributed by atoms with Gasteiger partial charge in [0, 0.05) is 25.1 Å². The zero-order chi connectivity index (χ0) is 19.4. The summed E-state index contributed by atoms with van der Waals surface area (Å²) in [6.45, 7) is 6.32. The number of hydrogen-bond donors (Lipinski definition) is 2. The predicted octanol–water partition coefficient (Wildman–Crippen LogP) is 3.19. The average Bonchev–Trinajstić information content (AvgIpc) is 3.35. The monoisotopic (exact) mass is 382 g/mol. The van der Waals surface area contributed by atoms with Crippen molar-refractivity contribution in [1.82, 2.24) is 25.4 Å². The van der Waals surface area contributed by atoms with Crippen molar-refractivity contribution < 1.29 is 4.74 Å². The standard InChI is InChI=1S/C21H30N6O/c1-3-22-20(23-14-19-26-24-15-27(19)4-2)25-17-13-21(11-7-8-12-21)28-18-10-6-5-9-16(17)18/h5-6,9-10,15,17H,3-4,7-8,11-14H2,1-2H3,(H2,22,23,25). The van der Waals surface area contributed by atoms with Crippen LogP contribution in [-0.4, -0.2) is 32.9 Å². The van der Waals surface area contributed by atoms with E-state index in [9.17, 15) is 0 Å². The quantitative estimate of drug-likeness (QED) is 0.613. The molecule has 1 aliphatic heterocycles. The summed E-state index contributed by atoms with van der Waals surface area (Å²) in [5.74, 6) is 2.69. The molecule has 4 rings (SSSR count). The van der Waals surface area contributed by atoms with E-state index in [1.54, 1.807) is 6.33 Å². The maximum atomic E-state index is 6.48. The molecule has 2 N–H and O–H groups in total. The highest BCUT2D eigenvalue weighted by Gasteiger charge is 2.43. The van der Waals surface area contributed by atoms with Crippen LogP contribution < -0.4 is 15.4 Å². The molecule has 28 heavy (non-hydrogen) atoms. The minimum Gasteiger partial charge on any atom is -0.487 e. The average molecular weight is 383 g/mol. The second-order valence-electron chi connectivity index (χ2n) is 7.66. The Labute approximate surface area is 166 Å². The molecule has 1 aliphatic carbocycles. The molecule has 2 aliphatic rings. The van der Waals surface area contributed by atoms with Gasteiger partial charge in [-0.2, -0.15) is 0 Å². The smallest absolute Gasteiger partial charge is 0.192 e. The Bertz CT molecular complexity index is 824. The molecule has 2 aromatic rings. The molecule has 1 spiro atoms. The SMILES string of the molecule is CCNC(=NCc1nncn1CC)NC1CC2(CCCC2)Oc2ccccc21. The summed E-state index contributed by atoms with van der Waals surface area (Å²) < 4.78 is 8.50. The van der Waals surface area contributed by atoms with Gasteiger partial charge in [0.15, 0.2) is 11.8 Å². The largest absolute Gasteiger partial charge is 0.487 e. The summed E-state index contributed by atoms with van der Waals surface area (Å²) in [5.41, 5.74) is 1.17. The number of aryl methyl sites for hydroxylation is 1. The molecule has 0 radical (unpaired) electrons. The molecule has 0 bridgehead atoms. The number of guanidine groups is 1. The summed E-state index contributed by atoms with van der Waals surface area (Å²) in [6, 6.07) is 8.58. The van der Waals surface area contributed by atoms with E-state index >= 15 is 0 Å². The Morgan fingerprint density at radius 2 is 2.11 bits per heavy atom. The van der Waals surface area contributed by atoms with Gasteiger partial charge in [0.05, 0.1) is 6.04 Å². The van der Waals surface area contributed by atoms with Crippen molar-refractivity contribution >= 4 is 5.96 Å². The van der Waals surface area contributed by atoms with Crippen LogP contribution in [0.2, 0.25) is 0 Å². The molecule has 1 saturated carbocycles. The summed E-state index contributed by atoms with van der Waals surface area (Å²) in [5, 5.41) is 15.2. The maximum absolute atomic E-state index is 6.48. The molecule has 1 aromatic heterocycles. The van der Waals surface area contributed by atoms with E-state index in [1.165, 1.54) is 18.4 Å². The van der Waals surface area contributed by atoms with E-state index in [0.717, 1.165) is 49.9 Å². The van der Waals surface area contributed by atoms with Gasteiger partial charge in [0.2, 0.25) is 0 Å². The lowest BCUT2D eigenvalue weighted by Gasteiger charge is -2.40. The van der Waals surface area contributed by atoms with E-state index in [0.29, 0.717) is 6.54 Å². The number of hydrogen-bond acceptors (Lipinski definition) is 4. The van der Waals surface area contributed by atoms with E-state index < -0.39 is 0 Å². The number of para-hydroxylation sites is 1. The minimum atomic E-state index is -0.0360. The molecule has 1 unspecified atom stereocenters. The lowest BCUT2D eigenvalue weighted by atomic mass is 9.86. The highest BCUT2D eigenvalue weighted by atomic mass is 16.5. The van der Waals surface area contributed by atoms with Crippen molar-refractivity contribution in [3.8, 4) is 5.75 Å². The van der Waals surface area contributed by atoms with Crippen LogP contribution in [0.15, 0.2) is 35.6 Å². The van der Waals surface area contributed by atoms with Gasteiger partial charge >= 0.3 is 0 Å². The number of nitrogens with zero attached hydrogens (tertiary/aromatic N) is 4. The Hall–Kier alpha value is -2.57. The van der Waals surface area contributed by atoms with Gasteiger partial charge in [0.1, 0.15) is 24.2 Å². The van der Waals surface area contributed by atoms with Crippen LogP contribution in [0.3, 0.4) is 0 Å². The first-order valence-corrected chi connectivity index (χ1v) is 10.4. The van der Waals surface area contributed by atoms with Crippen LogP contribution in [-0.2, 0) is 13.1 Å². The molecule has 1 fully saturated rings. The topological polar surface area (TPSA) is 76.4 Å². The zero-order valence-electron chi connectivity index (χ0n) is 16.8. The third-order valence-corrected chi connectivity index (χ3v) is 5.78. The Balaban J connectivity index is 1.56. The van der Waals surface area contributed by atoms with Gasteiger partial charge in [-0.05, 0) is 45.6 Å². The van der Waals surface area contributed by atoms with E-state index in [1.807, 2.05) is 4.57 Å². The normalized spacial score (nSPS) is 20.6. The summed E-state index contributed by atoms with van der Waals surface area (Å²) >= 11 is 0. The lowest BCUT2D eigenvalue weighted by molar-refractivity contribution is 0.0396. The van der Waals surface area contributed by atoms with Crippen molar-refractivity contribution in [2.75, 3.05) is 6.54 Å². The van der Waals surface area contributed by atoms with Crippen molar-refractivity contribution in [2.24, 2.45) is 4.99 Å². The fourth-order valence-electron chi connectivity index (χ4n) is 4.37. The minimum absolute atomic E-state index is 0.0360. The summed E-state index contributed by atoms with van der Waals surface area (Å²) in [6.07, 6.45) is 7.48. The maximum Gasteiger partial charge on any atom is 0.192 e. The Kier molecular flexibility index (Phi) is 5.50. The highest BCUT2D eigenvalue weighted by molar-refractivity contribution is 5.80. The van der Waals surface area contributed by atoms with Crippen LogP contribution in [0.25, 0.3) is 0 Å². The molecule has 150 valence electrons. The Morgan fingerprint density at radius 1 is 1.29 bits per heavy atom. The second kappa shape index (κ2) is 8.20. The van der Waals surface area contributed by atoms with Gasteiger partial charge in [-0.1, -0.05) is 18.2 Å². The molecule has 7 nitrogen and oxygen atoms in total. The highest BCUT2D eigenvalue weighted by Crippen LogP contribution is 2.46. The van der Waals surface area contributed by atoms with Gasteiger partial charge in [-0.3, -0.25) is 0 Å². The molecule has 7 heteroatoms. The van der Waals surface area contributed by atoms with Crippen molar-refractivity contribution in [2.45, 2.75) is 70.7 Å². The fraction of sp³-hybridized carbons (Fsp3) is 0.571. The first kappa shape index (κ1) is 18.8. The third kappa shape index (κ3) is 3.84. The van der Waals surface area contributed by atoms with Gasteiger partial charge < -0.3 is 19.9 Å². The van der Waals surface area contributed by atoms with Crippen molar-refractivity contribution in [3.05, 3.63) is 42.0 Å². The Morgan fingerprint density at radius 3 is 2.89 bits per heavy atom. The van der Waals surface area contributed by atoms with Gasteiger partial charge in [-0.25, -0.2) is 4.99 Å². The number of fused-ring (bicyclic) bond motifs is 1. The predicted molar refractivity (Wildman–Crippen MR) is 109 cm³/mol. The number of aliphatic imine (C=N–C) groups is 1. The lowest BCUT2D eigenvalue weighted by Crippen LogP contribution is -2.46. The molecule has 0 saturated heterocycles. The van der Waals surface area contributed by atoms with Crippen molar-refractivity contribution in [1.29, 1.82) is 0 Å². The summed E-state index contributed by atoms with van der Waals surface area (Å²) in [4.78, 5) is 4.78. The molecule has 1 aromatic carbocycles. The number of benzene rings is 1. The van der Waals surface area contributed by atoms with E-state index in [2.05, 4.69) is 58.9 Å². The van der Waals surface area contributed by atoms with Crippen LogP contribution in [0.4, 0.5) is 0 Å². The van der Waals surface area contributed by atoms with Crippen LogP contribution in [0.5, 0.6) is 5.75 Å². The number of nitrogens with one attached hydrogen (secondary N) is 2. The third-order valence-electron chi connectivity index (χ3n) is 5.78. The second-order valence-corrected chi connectivity index (χ2v) is 7.66. The molecule has 0 amide bonds. The van der Waals surface area contributed by atoms with Gasteiger partial charge in [0.25, 0.3) is 0 Å². The van der Waals surface area contributed by atoms with Crippen molar-refractivity contribution in [3.63, 3.8) is 0 Å². The molecular formula is C21H30N6O. The molecule has 1 atom stereocenters. The van der Waals surface area contributed by atoms with Crippen LogP contribution in [0.1, 0.15) is 63.4 Å². The van der Waals surface area contributed by atoms with E-state index in [-0.39, 0.29) is 11.6 Å². The van der Waals surface area contributed by atoms with Crippen LogP contribution in [0, 0.1) is 0 Å². The fourth-order valence-corrected chi connectivity index (χ4v) is 4.37. The van der Waals surface area contributed by atoms with Gasteiger partial charge in [-0.15, -0.1) is 10.2 Å². The summed E-state index contributed by atoms with van der Waals surface area (Å²) in [7, 11) is 0.